The summed E-state index contributed by atoms with van der Waals surface area (Å²) < 4.78 is 11.3. The van der Waals surface area contributed by atoms with Crippen LogP contribution in [0.25, 0.3) is 0 Å². The molecular formula is C18H31NO2. The molecule has 0 aromatic heterocycles. The molecule has 0 amide bonds. The van der Waals surface area contributed by atoms with Crippen LogP contribution < -0.4 is 14.8 Å². The monoisotopic (exact) mass is 293 g/mol. The number of benzene rings is 1. The number of hydrogen-bond donors (Lipinski definition) is 1. The fourth-order valence-corrected chi connectivity index (χ4v) is 2.54. The van der Waals surface area contributed by atoms with E-state index in [1.807, 2.05) is 27.0 Å². The Hall–Kier alpha value is -1.22. The van der Waals surface area contributed by atoms with Crippen molar-refractivity contribution >= 4 is 0 Å². The SMILES string of the molecule is CCCCCCC(NC)c1ccc(OCC)c(OCC)c1. The number of nitrogens with one attached hydrogen (secondary N) is 1. The first kappa shape index (κ1) is 17.8. The normalized spacial score (nSPS) is 12.2. The van der Waals surface area contributed by atoms with Crippen LogP contribution in [0, 0.1) is 0 Å². The third kappa shape index (κ3) is 5.96. The lowest BCUT2D eigenvalue weighted by Crippen LogP contribution is -2.16. The highest BCUT2D eigenvalue weighted by Crippen LogP contribution is 2.32. The molecule has 3 heteroatoms. The Bertz CT molecular complexity index is 393. The predicted molar refractivity (Wildman–Crippen MR) is 89.3 cm³/mol. The quantitative estimate of drug-likeness (QED) is 0.599. The minimum absolute atomic E-state index is 0.386. The van der Waals surface area contributed by atoms with E-state index >= 15 is 0 Å². The van der Waals surface area contributed by atoms with E-state index in [1.54, 1.807) is 0 Å². The molecule has 0 aliphatic rings. The largest absolute Gasteiger partial charge is 0.490 e. The molecule has 1 aromatic rings. The first-order valence-corrected chi connectivity index (χ1v) is 8.33. The van der Waals surface area contributed by atoms with Crippen LogP contribution in [-0.2, 0) is 0 Å². The van der Waals surface area contributed by atoms with Crippen molar-refractivity contribution in [3.8, 4) is 11.5 Å². The van der Waals surface area contributed by atoms with Gasteiger partial charge in [0, 0.05) is 6.04 Å². The molecule has 0 radical (unpaired) electrons. The second-order valence-electron chi connectivity index (χ2n) is 5.26. The van der Waals surface area contributed by atoms with Crippen LogP contribution in [0.2, 0.25) is 0 Å². The van der Waals surface area contributed by atoms with E-state index < -0.39 is 0 Å². The van der Waals surface area contributed by atoms with E-state index in [0.29, 0.717) is 19.3 Å². The van der Waals surface area contributed by atoms with E-state index in [4.69, 9.17) is 9.47 Å². The van der Waals surface area contributed by atoms with Gasteiger partial charge in [-0.25, -0.2) is 0 Å². The van der Waals surface area contributed by atoms with Gasteiger partial charge in [-0.3, -0.25) is 0 Å². The van der Waals surface area contributed by atoms with Crippen molar-refractivity contribution in [2.24, 2.45) is 0 Å². The van der Waals surface area contributed by atoms with Crippen LogP contribution in [0.5, 0.6) is 11.5 Å². The van der Waals surface area contributed by atoms with Crippen LogP contribution in [0.15, 0.2) is 18.2 Å². The molecule has 1 N–H and O–H groups in total. The first-order valence-electron chi connectivity index (χ1n) is 8.33. The highest BCUT2D eigenvalue weighted by atomic mass is 16.5. The van der Waals surface area contributed by atoms with Crippen molar-refractivity contribution in [3.05, 3.63) is 23.8 Å². The molecule has 21 heavy (non-hydrogen) atoms. The van der Waals surface area contributed by atoms with Gasteiger partial charge < -0.3 is 14.8 Å². The smallest absolute Gasteiger partial charge is 0.161 e. The molecule has 0 aliphatic heterocycles. The zero-order chi connectivity index (χ0) is 15.5. The Morgan fingerprint density at radius 2 is 1.67 bits per heavy atom. The van der Waals surface area contributed by atoms with E-state index in [1.165, 1.54) is 31.2 Å². The minimum Gasteiger partial charge on any atom is -0.490 e. The fourth-order valence-electron chi connectivity index (χ4n) is 2.54. The van der Waals surface area contributed by atoms with E-state index in [-0.39, 0.29) is 0 Å². The first-order chi connectivity index (χ1) is 10.3. The molecule has 120 valence electrons. The van der Waals surface area contributed by atoms with Gasteiger partial charge in [0.2, 0.25) is 0 Å². The molecule has 1 atom stereocenters. The summed E-state index contributed by atoms with van der Waals surface area (Å²) in [6.07, 6.45) is 6.34. The second-order valence-corrected chi connectivity index (χ2v) is 5.26. The zero-order valence-corrected chi connectivity index (χ0v) is 14.1. The van der Waals surface area contributed by atoms with Gasteiger partial charge in [0.15, 0.2) is 11.5 Å². The highest BCUT2D eigenvalue weighted by Gasteiger charge is 2.13. The molecule has 1 aromatic carbocycles. The maximum atomic E-state index is 5.72. The lowest BCUT2D eigenvalue weighted by molar-refractivity contribution is 0.287. The number of rotatable bonds is 11. The van der Waals surface area contributed by atoms with Crippen molar-refractivity contribution in [2.75, 3.05) is 20.3 Å². The van der Waals surface area contributed by atoms with Gasteiger partial charge in [-0.1, -0.05) is 38.7 Å². The summed E-state index contributed by atoms with van der Waals surface area (Å²) in [5, 5.41) is 3.42. The van der Waals surface area contributed by atoms with Gasteiger partial charge in [0.05, 0.1) is 13.2 Å². The minimum atomic E-state index is 0.386. The fraction of sp³-hybridized carbons (Fsp3) is 0.667. The number of hydrogen-bond acceptors (Lipinski definition) is 3. The van der Waals surface area contributed by atoms with Crippen LogP contribution in [-0.4, -0.2) is 20.3 Å². The average Bonchev–Trinajstić information content (AvgIpc) is 2.50. The van der Waals surface area contributed by atoms with Gasteiger partial charge in [-0.15, -0.1) is 0 Å². The van der Waals surface area contributed by atoms with Gasteiger partial charge in [0.1, 0.15) is 0 Å². The van der Waals surface area contributed by atoms with Gasteiger partial charge >= 0.3 is 0 Å². The topological polar surface area (TPSA) is 30.5 Å². The maximum Gasteiger partial charge on any atom is 0.161 e. The third-order valence-corrected chi connectivity index (χ3v) is 3.66. The van der Waals surface area contributed by atoms with E-state index in [0.717, 1.165) is 17.9 Å². The Morgan fingerprint density at radius 3 is 2.29 bits per heavy atom. The molecule has 0 saturated heterocycles. The lowest BCUT2D eigenvalue weighted by atomic mass is 9.99. The molecular weight excluding hydrogens is 262 g/mol. The van der Waals surface area contributed by atoms with Crippen molar-refractivity contribution in [2.45, 2.75) is 58.9 Å². The van der Waals surface area contributed by atoms with Gasteiger partial charge in [0.25, 0.3) is 0 Å². The van der Waals surface area contributed by atoms with Crippen molar-refractivity contribution in [1.82, 2.24) is 5.32 Å². The van der Waals surface area contributed by atoms with Crippen molar-refractivity contribution < 1.29 is 9.47 Å². The summed E-state index contributed by atoms with van der Waals surface area (Å²) in [6, 6.07) is 6.68. The standard InChI is InChI=1S/C18H31NO2/c1-5-8-9-10-11-16(19-4)15-12-13-17(20-6-2)18(14-15)21-7-3/h12-14,16,19H,5-11H2,1-4H3. The molecule has 1 unspecified atom stereocenters. The summed E-state index contributed by atoms with van der Waals surface area (Å²) in [7, 11) is 2.03. The second kappa shape index (κ2) is 10.5. The van der Waals surface area contributed by atoms with Crippen LogP contribution >= 0.6 is 0 Å². The number of ether oxygens (including phenoxy) is 2. The summed E-state index contributed by atoms with van der Waals surface area (Å²) in [5.74, 6) is 1.69. The highest BCUT2D eigenvalue weighted by molar-refractivity contribution is 5.44. The number of unbranched alkanes of at least 4 members (excludes halogenated alkanes) is 3. The van der Waals surface area contributed by atoms with Crippen molar-refractivity contribution in [1.29, 1.82) is 0 Å². The Labute approximate surface area is 130 Å². The molecule has 0 spiro atoms. The van der Waals surface area contributed by atoms with Crippen LogP contribution in [0.1, 0.15) is 64.5 Å². The average molecular weight is 293 g/mol. The van der Waals surface area contributed by atoms with Crippen LogP contribution in [0.4, 0.5) is 0 Å². The Balaban J connectivity index is 2.76. The molecule has 1 rings (SSSR count). The van der Waals surface area contributed by atoms with Crippen LogP contribution in [0.3, 0.4) is 0 Å². The molecule has 0 saturated carbocycles. The Morgan fingerprint density at radius 1 is 0.952 bits per heavy atom. The molecule has 0 heterocycles. The predicted octanol–water partition coefficient (Wildman–Crippen LogP) is 4.71. The molecule has 0 aliphatic carbocycles. The Kier molecular flexibility index (Phi) is 8.91. The summed E-state index contributed by atoms with van der Waals surface area (Å²) in [4.78, 5) is 0. The van der Waals surface area contributed by atoms with E-state index in [2.05, 4.69) is 24.4 Å². The third-order valence-electron chi connectivity index (χ3n) is 3.66. The summed E-state index contributed by atoms with van der Waals surface area (Å²) >= 11 is 0. The van der Waals surface area contributed by atoms with Crippen molar-refractivity contribution in [3.63, 3.8) is 0 Å². The molecule has 0 bridgehead atoms. The molecule has 0 fully saturated rings. The lowest BCUT2D eigenvalue weighted by Gasteiger charge is -2.19. The maximum absolute atomic E-state index is 5.72. The summed E-state index contributed by atoms with van der Waals surface area (Å²) in [5.41, 5.74) is 1.28. The molecule has 3 nitrogen and oxygen atoms in total. The summed E-state index contributed by atoms with van der Waals surface area (Å²) in [6.45, 7) is 7.56. The van der Waals surface area contributed by atoms with Gasteiger partial charge in [-0.2, -0.15) is 0 Å². The van der Waals surface area contributed by atoms with E-state index in [9.17, 15) is 0 Å². The zero-order valence-electron chi connectivity index (χ0n) is 14.1. The van der Waals surface area contributed by atoms with Gasteiger partial charge in [-0.05, 0) is 45.0 Å².